The molecular weight excluding hydrogens is 170 g/mol. The number of hydrogen-bond acceptors (Lipinski definition) is 1. The SMILES string of the molecule is C1=CC2(CCc3ccccc32)NCC1. The summed E-state index contributed by atoms with van der Waals surface area (Å²) in [6, 6.07) is 8.82. The Morgan fingerprint density at radius 2 is 2.14 bits per heavy atom. The van der Waals surface area contributed by atoms with Crippen molar-refractivity contribution >= 4 is 0 Å². The number of rotatable bonds is 0. The third kappa shape index (κ3) is 1.05. The van der Waals surface area contributed by atoms with Crippen LogP contribution in [0.15, 0.2) is 36.4 Å². The van der Waals surface area contributed by atoms with Crippen molar-refractivity contribution in [3.05, 3.63) is 47.5 Å². The van der Waals surface area contributed by atoms with Crippen molar-refractivity contribution in [3.8, 4) is 0 Å². The highest BCUT2D eigenvalue weighted by molar-refractivity contribution is 5.42. The third-order valence-corrected chi connectivity index (χ3v) is 3.44. The van der Waals surface area contributed by atoms with Gasteiger partial charge in [-0.15, -0.1) is 0 Å². The highest BCUT2D eigenvalue weighted by Crippen LogP contribution is 2.38. The highest BCUT2D eigenvalue weighted by Gasteiger charge is 2.36. The van der Waals surface area contributed by atoms with Gasteiger partial charge in [0.05, 0.1) is 5.54 Å². The molecule has 1 aromatic carbocycles. The van der Waals surface area contributed by atoms with Crippen LogP contribution in [0.3, 0.4) is 0 Å². The van der Waals surface area contributed by atoms with Crippen LogP contribution in [0.5, 0.6) is 0 Å². The van der Waals surface area contributed by atoms with Crippen LogP contribution in [0.25, 0.3) is 0 Å². The predicted molar refractivity (Wildman–Crippen MR) is 58.2 cm³/mol. The average molecular weight is 185 g/mol. The van der Waals surface area contributed by atoms with Gasteiger partial charge in [-0.2, -0.15) is 0 Å². The van der Waals surface area contributed by atoms with Gasteiger partial charge in [0.25, 0.3) is 0 Å². The molecule has 1 spiro atoms. The van der Waals surface area contributed by atoms with E-state index in [4.69, 9.17) is 0 Å². The lowest BCUT2D eigenvalue weighted by atomic mass is 9.89. The molecule has 14 heavy (non-hydrogen) atoms. The molecule has 1 unspecified atom stereocenters. The smallest absolute Gasteiger partial charge is 0.0626 e. The first-order valence-corrected chi connectivity index (χ1v) is 5.42. The van der Waals surface area contributed by atoms with Gasteiger partial charge in [0.2, 0.25) is 0 Å². The molecule has 0 amide bonds. The number of nitrogens with one attached hydrogen (secondary N) is 1. The molecule has 1 aromatic rings. The van der Waals surface area contributed by atoms with E-state index in [1.807, 2.05) is 0 Å². The average Bonchev–Trinajstić information content (AvgIpc) is 2.60. The molecule has 0 saturated carbocycles. The van der Waals surface area contributed by atoms with Crippen LogP contribution >= 0.6 is 0 Å². The van der Waals surface area contributed by atoms with Gasteiger partial charge in [0.1, 0.15) is 0 Å². The second kappa shape index (κ2) is 2.96. The topological polar surface area (TPSA) is 12.0 Å². The highest BCUT2D eigenvalue weighted by atomic mass is 15.0. The molecule has 0 bridgehead atoms. The number of benzene rings is 1. The summed E-state index contributed by atoms with van der Waals surface area (Å²) in [5, 5.41) is 3.66. The van der Waals surface area contributed by atoms with Crippen LogP contribution in [-0.2, 0) is 12.0 Å². The lowest BCUT2D eigenvalue weighted by Crippen LogP contribution is -2.41. The zero-order valence-electron chi connectivity index (χ0n) is 8.29. The van der Waals surface area contributed by atoms with E-state index in [1.165, 1.54) is 30.4 Å². The van der Waals surface area contributed by atoms with E-state index in [0.717, 1.165) is 6.54 Å². The first-order valence-electron chi connectivity index (χ1n) is 5.42. The Morgan fingerprint density at radius 3 is 3.00 bits per heavy atom. The first-order chi connectivity index (χ1) is 6.91. The monoisotopic (exact) mass is 185 g/mol. The van der Waals surface area contributed by atoms with Gasteiger partial charge >= 0.3 is 0 Å². The Balaban J connectivity index is 2.12. The van der Waals surface area contributed by atoms with Crippen LogP contribution in [0.2, 0.25) is 0 Å². The van der Waals surface area contributed by atoms with Crippen LogP contribution < -0.4 is 5.32 Å². The zero-order chi connectivity index (χ0) is 9.43. The second-order valence-corrected chi connectivity index (χ2v) is 4.25. The molecule has 1 N–H and O–H groups in total. The maximum atomic E-state index is 3.66. The van der Waals surface area contributed by atoms with Crippen LogP contribution in [-0.4, -0.2) is 6.54 Å². The van der Waals surface area contributed by atoms with Crippen molar-refractivity contribution in [1.82, 2.24) is 5.32 Å². The van der Waals surface area contributed by atoms with E-state index in [2.05, 4.69) is 41.7 Å². The van der Waals surface area contributed by atoms with Crippen LogP contribution in [0.1, 0.15) is 24.0 Å². The Morgan fingerprint density at radius 1 is 1.21 bits per heavy atom. The van der Waals surface area contributed by atoms with Gasteiger partial charge in [0.15, 0.2) is 0 Å². The molecular formula is C13H15N. The number of fused-ring (bicyclic) bond motifs is 2. The minimum absolute atomic E-state index is 0.175. The summed E-state index contributed by atoms with van der Waals surface area (Å²) in [7, 11) is 0. The minimum atomic E-state index is 0.175. The molecule has 1 atom stereocenters. The van der Waals surface area contributed by atoms with Crippen molar-refractivity contribution < 1.29 is 0 Å². The van der Waals surface area contributed by atoms with E-state index >= 15 is 0 Å². The Hall–Kier alpha value is -1.08. The van der Waals surface area contributed by atoms with Gasteiger partial charge in [-0.05, 0) is 36.9 Å². The van der Waals surface area contributed by atoms with E-state index in [1.54, 1.807) is 0 Å². The van der Waals surface area contributed by atoms with Crippen molar-refractivity contribution in [3.63, 3.8) is 0 Å². The fourth-order valence-corrected chi connectivity index (χ4v) is 2.72. The summed E-state index contributed by atoms with van der Waals surface area (Å²) in [6.45, 7) is 1.12. The summed E-state index contributed by atoms with van der Waals surface area (Å²) in [4.78, 5) is 0. The fourth-order valence-electron chi connectivity index (χ4n) is 2.72. The largest absolute Gasteiger partial charge is 0.304 e. The quantitative estimate of drug-likeness (QED) is 0.612. The van der Waals surface area contributed by atoms with E-state index in [9.17, 15) is 0 Å². The molecule has 0 fully saturated rings. The normalized spacial score (nSPS) is 29.4. The molecule has 72 valence electrons. The van der Waals surface area contributed by atoms with Gasteiger partial charge < -0.3 is 5.32 Å². The minimum Gasteiger partial charge on any atom is -0.304 e. The lowest BCUT2D eigenvalue weighted by Gasteiger charge is -2.31. The summed E-state index contributed by atoms with van der Waals surface area (Å²) >= 11 is 0. The molecule has 3 rings (SSSR count). The molecule has 0 radical (unpaired) electrons. The number of hydrogen-bond donors (Lipinski definition) is 1. The molecule has 1 heteroatoms. The molecule has 2 aliphatic rings. The molecule has 1 nitrogen and oxygen atoms in total. The lowest BCUT2D eigenvalue weighted by molar-refractivity contribution is 0.402. The second-order valence-electron chi connectivity index (χ2n) is 4.25. The molecule has 0 aromatic heterocycles. The van der Waals surface area contributed by atoms with Gasteiger partial charge in [-0.3, -0.25) is 0 Å². The summed E-state index contributed by atoms with van der Waals surface area (Å²) in [6.07, 6.45) is 8.29. The van der Waals surface area contributed by atoms with Gasteiger partial charge in [0, 0.05) is 0 Å². The van der Waals surface area contributed by atoms with Crippen LogP contribution in [0, 0.1) is 0 Å². The predicted octanol–water partition coefficient (Wildman–Crippen LogP) is 2.38. The van der Waals surface area contributed by atoms with Crippen molar-refractivity contribution in [2.75, 3.05) is 6.54 Å². The molecule has 0 saturated heterocycles. The van der Waals surface area contributed by atoms with Crippen molar-refractivity contribution in [1.29, 1.82) is 0 Å². The van der Waals surface area contributed by atoms with E-state index in [-0.39, 0.29) is 5.54 Å². The van der Waals surface area contributed by atoms with Crippen molar-refractivity contribution in [2.45, 2.75) is 24.8 Å². The maximum Gasteiger partial charge on any atom is 0.0626 e. The summed E-state index contributed by atoms with van der Waals surface area (Å²) in [5.41, 5.74) is 3.19. The Bertz CT molecular complexity index is 381. The first kappa shape index (κ1) is 8.25. The Kier molecular flexibility index (Phi) is 1.74. The van der Waals surface area contributed by atoms with Gasteiger partial charge in [-0.1, -0.05) is 36.4 Å². The van der Waals surface area contributed by atoms with Crippen molar-refractivity contribution in [2.24, 2.45) is 0 Å². The number of aryl methyl sites for hydroxylation is 1. The zero-order valence-corrected chi connectivity index (χ0v) is 8.29. The molecule has 1 aliphatic heterocycles. The molecule has 1 heterocycles. The summed E-state index contributed by atoms with van der Waals surface area (Å²) in [5.74, 6) is 0. The maximum absolute atomic E-state index is 3.66. The van der Waals surface area contributed by atoms with E-state index < -0.39 is 0 Å². The van der Waals surface area contributed by atoms with E-state index in [0.29, 0.717) is 0 Å². The Labute approximate surface area is 84.8 Å². The fraction of sp³-hybridized carbons (Fsp3) is 0.385. The standard InChI is InChI=1S/C13H15N/c1-2-6-12-11(5-1)7-9-13(12)8-3-4-10-14-13/h1-3,5-6,8,14H,4,7,9-10H2. The van der Waals surface area contributed by atoms with Crippen LogP contribution in [0.4, 0.5) is 0 Å². The summed E-state index contributed by atoms with van der Waals surface area (Å²) < 4.78 is 0. The van der Waals surface area contributed by atoms with Gasteiger partial charge in [-0.25, -0.2) is 0 Å². The third-order valence-electron chi connectivity index (χ3n) is 3.44. The molecule has 1 aliphatic carbocycles.